The van der Waals surface area contributed by atoms with Crippen molar-refractivity contribution in [3.05, 3.63) is 59.7 Å². The molecule has 4 heteroatoms. The fraction of sp³-hybridized carbons (Fsp3) is 0.250. The zero-order valence-electron chi connectivity index (χ0n) is 11.3. The third-order valence-corrected chi connectivity index (χ3v) is 3.05. The van der Waals surface area contributed by atoms with Gasteiger partial charge in [-0.05, 0) is 35.7 Å². The van der Waals surface area contributed by atoms with Gasteiger partial charge in [0, 0.05) is 11.4 Å². The second-order valence-electron chi connectivity index (χ2n) is 4.95. The molecule has 0 radical (unpaired) electrons. The fourth-order valence-corrected chi connectivity index (χ4v) is 2.04. The van der Waals surface area contributed by atoms with Crippen LogP contribution in [0.25, 0.3) is 0 Å². The maximum absolute atomic E-state index is 12.7. The number of halogens is 3. The second-order valence-corrected chi connectivity index (χ2v) is 4.95. The van der Waals surface area contributed by atoms with E-state index in [0.717, 1.165) is 23.4 Å². The van der Waals surface area contributed by atoms with E-state index in [-0.39, 0.29) is 0 Å². The van der Waals surface area contributed by atoms with E-state index in [2.05, 4.69) is 5.32 Å². The van der Waals surface area contributed by atoms with E-state index in [9.17, 15) is 13.2 Å². The summed E-state index contributed by atoms with van der Waals surface area (Å²) in [6.07, 6.45) is -4.32. The SMILES string of the molecule is CC(C)c1ccccc1Nc1cccc(C(F)(F)F)c1. The lowest BCUT2D eigenvalue weighted by molar-refractivity contribution is -0.137. The van der Waals surface area contributed by atoms with Crippen LogP contribution in [-0.4, -0.2) is 0 Å². The number of para-hydroxylation sites is 1. The molecule has 2 aromatic carbocycles. The normalized spacial score (nSPS) is 11.7. The van der Waals surface area contributed by atoms with Crippen molar-refractivity contribution in [3.8, 4) is 0 Å². The van der Waals surface area contributed by atoms with Crippen molar-refractivity contribution in [2.45, 2.75) is 25.9 Å². The Morgan fingerprint density at radius 1 is 0.950 bits per heavy atom. The standard InChI is InChI=1S/C16H16F3N/c1-11(2)14-8-3-4-9-15(14)20-13-7-5-6-12(10-13)16(17,18)19/h3-11,20H,1-2H3. The predicted molar refractivity (Wildman–Crippen MR) is 75.3 cm³/mol. The van der Waals surface area contributed by atoms with Crippen LogP contribution in [0.4, 0.5) is 24.5 Å². The molecule has 0 bridgehead atoms. The molecule has 0 aromatic heterocycles. The number of anilines is 2. The average molecular weight is 279 g/mol. The molecule has 0 amide bonds. The Hall–Kier alpha value is -1.97. The van der Waals surface area contributed by atoms with Crippen LogP contribution in [0, 0.1) is 0 Å². The molecule has 1 N–H and O–H groups in total. The van der Waals surface area contributed by atoms with Gasteiger partial charge in [0.2, 0.25) is 0 Å². The van der Waals surface area contributed by atoms with Gasteiger partial charge in [0.05, 0.1) is 5.56 Å². The summed E-state index contributed by atoms with van der Waals surface area (Å²) in [6.45, 7) is 4.10. The van der Waals surface area contributed by atoms with Crippen molar-refractivity contribution in [2.75, 3.05) is 5.32 Å². The van der Waals surface area contributed by atoms with Crippen molar-refractivity contribution in [3.63, 3.8) is 0 Å². The molecule has 106 valence electrons. The quantitative estimate of drug-likeness (QED) is 0.774. The van der Waals surface area contributed by atoms with Gasteiger partial charge in [0.15, 0.2) is 0 Å². The molecule has 0 atom stereocenters. The number of benzene rings is 2. The number of hydrogen-bond acceptors (Lipinski definition) is 1. The summed E-state index contributed by atoms with van der Waals surface area (Å²) in [5, 5.41) is 3.07. The average Bonchev–Trinajstić information content (AvgIpc) is 2.38. The molecule has 0 fully saturated rings. The predicted octanol–water partition coefficient (Wildman–Crippen LogP) is 5.57. The summed E-state index contributed by atoms with van der Waals surface area (Å²) in [6, 6.07) is 12.9. The summed E-state index contributed by atoms with van der Waals surface area (Å²) >= 11 is 0. The summed E-state index contributed by atoms with van der Waals surface area (Å²) in [7, 11) is 0. The van der Waals surface area contributed by atoms with Crippen LogP contribution in [0.15, 0.2) is 48.5 Å². The minimum Gasteiger partial charge on any atom is -0.355 e. The summed E-state index contributed by atoms with van der Waals surface area (Å²) < 4.78 is 38.1. The first-order valence-corrected chi connectivity index (χ1v) is 6.41. The fourth-order valence-electron chi connectivity index (χ4n) is 2.04. The van der Waals surface area contributed by atoms with E-state index in [4.69, 9.17) is 0 Å². The van der Waals surface area contributed by atoms with E-state index < -0.39 is 11.7 Å². The minimum absolute atomic E-state index is 0.296. The van der Waals surface area contributed by atoms with Crippen molar-refractivity contribution in [2.24, 2.45) is 0 Å². The molecule has 0 aliphatic carbocycles. The van der Waals surface area contributed by atoms with Crippen LogP contribution in [0.3, 0.4) is 0 Å². The van der Waals surface area contributed by atoms with Crippen molar-refractivity contribution in [1.82, 2.24) is 0 Å². The van der Waals surface area contributed by atoms with E-state index in [1.165, 1.54) is 6.07 Å². The molecule has 0 saturated heterocycles. The molecule has 0 aliphatic heterocycles. The molecule has 0 heterocycles. The van der Waals surface area contributed by atoms with Gasteiger partial charge in [0.25, 0.3) is 0 Å². The van der Waals surface area contributed by atoms with E-state index >= 15 is 0 Å². The maximum atomic E-state index is 12.7. The highest BCUT2D eigenvalue weighted by atomic mass is 19.4. The van der Waals surface area contributed by atoms with Gasteiger partial charge >= 0.3 is 6.18 Å². The van der Waals surface area contributed by atoms with E-state index in [0.29, 0.717) is 11.6 Å². The third kappa shape index (κ3) is 3.32. The van der Waals surface area contributed by atoms with E-state index in [1.807, 2.05) is 38.1 Å². The molecule has 0 unspecified atom stereocenters. The third-order valence-electron chi connectivity index (χ3n) is 3.05. The minimum atomic E-state index is -4.32. The van der Waals surface area contributed by atoms with Crippen LogP contribution < -0.4 is 5.32 Å². The number of alkyl halides is 3. The molecular weight excluding hydrogens is 263 g/mol. The largest absolute Gasteiger partial charge is 0.416 e. The lowest BCUT2D eigenvalue weighted by atomic mass is 10.0. The molecule has 0 saturated carbocycles. The molecular formula is C16H16F3N. The Bertz CT molecular complexity index is 588. The highest BCUT2D eigenvalue weighted by Crippen LogP contribution is 2.32. The van der Waals surface area contributed by atoms with Crippen LogP contribution in [0.2, 0.25) is 0 Å². The van der Waals surface area contributed by atoms with Gasteiger partial charge in [-0.25, -0.2) is 0 Å². The summed E-state index contributed by atoms with van der Waals surface area (Å²) in [5.41, 5.74) is 1.70. The molecule has 2 rings (SSSR count). The van der Waals surface area contributed by atoms with Gasteiger partial charge in [-0.2, -0.15) is 13.2 Å². The number of nitrogens with one attached hydrogen (secondary N) is 1. The van der Waals surface area contributed by atoms with Crippen LogP contribution >= 0.6 is 0 Å². The van der Waals surface area contributed by atoms with E-state index in [1.54, 1.807) is 6.07 Å². The molecule has 0 aliphatic rings. The second kappa shape index (κ2) is 5.57. The van der Waals surface area contributed by atoms with Gasteiger partial charge < -0.3 is 5.32 Å². The van der Waals surface area contributed by atoms with Gasteiger partial charge in [-0.1, -0.05) is 38.1 Å². The number of hydrogen-bond donors (Lipinski definition) is 1. The molecule has 1 nitrogen and oxygen atoms in total. The highest BCUT2D eigenvalue weighted by Gasteiger charge is 2.30. The number of rotatable bonds is 3. The lowest BCUT2D eigenvalue weighted by Crippen LogP contribution is -2.05. The van der Waals surface area contributed by atoms with Gasteiger partial charge in [-0.3, -0.25) is 0 Å². The Labute approximate surface area is 116 Å². The smallest absolute Gasteiger partial charge is 0.355 e. The Balaban J connectivity index is 2.31. The Kier molecular flexibility index (Phi) is 4.02. The zero-order chi connectivity index (χ0) is 14.8. The summed E-state index contributed by atoms with van der Waals surface area (Å²) in [4.78, 5) is 0. The van der Waals surface area contributed by atoms with Crippen LogP contribution in [-0.2, 0) is 6.18 Å². The highest BCUT2D eigenvalue weighted by molar-refractivity contribution is 5.64. The van der Waals surface area contributed by atoms with Crippen LogP contribution in [0.5, 0.6) is 0 Å². The van der Waals surface area contributed by atoms with Crippen LogP contribution in [0.1, 0.15) is 30.9 Å². The summed E-state index contributed by atoms with van der Waals surface area (Å²) in [5.74, 6) is 0.296. The molecule has 20 heavy (non-hydrogen) atoms. The zero-order valence-corrected chi connectivity index (χ0v) is 11.3. The first-order chi connectivity index (χ1) is 9.38. The van der Waals surface area contributed by atoms with Gasteiger partial charge in [-0.15, -0.1) is 0 Å². The molecule has 0 spiro atoms. The molecule has 2 aromatic rings. The Morgan fingerprint density at radius 2 is 1.65 bits per heavy atom. The van der Waals surface area contributed by atoms with Gasteiger partial charge in [0.1, 0.15) is 0 Å². The lowest BCUT2D eigenvalue weighted by Gasteiger charge is -2.15. The van der Waals surface area contributed by atoms with Crippen molar-refractivity contribution < 1.29 is 13.2 Å². The maximum Gasteiger partial charge on any atom is 0.416 e. The van der Waals surface area contributed by atoms with Crippen molar-refractivity contribution >= 4 is 11.4 Å². The first kappa shape index (κ1) is 14.4. The monoisotopic (exact) mass is 279 g/mol. The topological polar surface area (TPSA) is 12.0 Å². The Morgan fingerprint density at radius 3 is 2.30 bits per heavy atom. The first-order valence-electron chi connectivity index (χ1n) is 6.41. The van der Waals surface area contributed by atoms with Crippen molar-refractivity contribution in [1.29, 1.82) is 0 Å².